The summed E-state index contributed by atoms with van der Waals surface area (Å²) in [6.45, 7) is 11.1. The number of carbonyl (C=O) groups is 2. The van der Waals surface area contributed by atoms with E-state index in [1.54, 1.807) is 0 Å². The molecule has 0 saturated heterocycles. The Bertz CT molecular complexity index is 521. The van der Waals surface area contributed by atoms with Crippen LogP contribution in [0.3, 0.4) is 0 Å². The summed E-state index contributed by atoms with van der Waals surface area (Å²) in [5.41, 5.74) is 1.49. The fraction of sp³-hybridized carbons (Fsp3) is 0.800. The summed E-state index contributed by atoms with van der Waals surface area (Å²) in [5, 5.41) is 8.98. The van der Waals surface area contributed by atoms with Gasteiger partial charge in [-0.05, 0) is 67.3 Å². The topological polar surface area (TPSA) is 54.4 Å². The third-order valence-corrected chi connectivity index (χ3v) is 7.17. The van der Waals surface area contributed by atoms with Gasteiger partial charge in [0.2, 0.25) is 0 Å². The zero-order valence-corrected chi connectivity index (χ0v) is 15.3. The molecule has 2 rings (SSSR count). The van der Waals surface area contributed by atoms with Crippen LogP contribution in [0.5, 0.6) is 0 Å². The van der Waals surface area contributed by atoms with Crippen LogP contribution < -0.4 is 0 Å². The van der Waals surface area contributed by atoms with Crippen molar-refractivity contribution in [3.63, 3.8) is 0 Å². The van der Waals surface area contributed by atoms with Crippen LogP contribution in [0.25, 0.3) is 0 Å². The number of fused-ring (bicyclic) bond motifs is 1. The summed E-state index contributed by atoms with van der Waals surface area (Å²) in [4.78, 5) is 23.1. The van der Waals surface area contributed by atoms with Crippen molar-refractivity contribution in [2.75, 3.05) is 0 Å². The SMILES string of the molecule is CC1=CC(=O)C[C@@H]2[C@@](C)(CC[C@@H](C)CC(=O)O)[C@H](C)CC[C@]12C. The van der Waals surface area contributed by atoms with Crippen molar-refractivity contribution < 1.29 is 14.7 Å². The number of carboxylic acids is 1. The van der Waals surface area contributed by atoms with Crippen LogP contribution in [0.15, 0.2) is 11.6 Å². The van der Waals surface area contributed by atoms with Gasteiger partial charge in [0.05, 0.1) is 0 Å². The normalized spacial score (nSPS) is 38.7. The highest BCUT2D eigenvalue weighted by Crippen LogP contribution is 2.61. The van der Waals surface area contributed by atoms with Gasteiger partial charge in [0.25, 0.3) is 0 Å². The average molecular weight is 320 g/mol. The summed E-state index contributed by atoms with van der Waals surface area (Å²) in [6.07, 6.45) is 7.05. The Labute approximate surface area is 140 Å². The Hall–Kier alpha value is -1.12. The molecule has 2 aliphatic carbocycles. The third-order valence-electron chi connectivity index (χ3n) is 7.17. The monoisotopic (exact) mass is 320 g/mol. The molecule has 0 aliphatic heterocycles. The molecule has 0 radical (unpaired) electrons. The zero-order chi connectivity index (χ0) is 17.4. The summed E-state index contributed by atoms with van der Waals surface area (Å²) in [7, 11) is 0. The molecule has 5 atom stereocenters. The van der Waals surface area contributed by atoms with E-state index >= 15 is 0 Å². The van der Waals surface area contributed by atoms with Crippen molar-refractivity contribution in [2.45, 2.75) is 73.1 Å². The summed E-state index contributed by atoms with van der Waals surface area (Å²) < 4.78 is 0. The van der Waals surface area contributed by atoms with Crippen LogP contribution in [-0.2, 0) is 9.59 Å². The predicted octanol–water partition coefficient (Wildman–Crippen LogP) is 4.86. The highest BCUT2D eigenvalue weighted by molar-refractivity contribution is 5.92. The Morgan fingerprint density at radius 1 is 1.43 bits per heavy atom. The lowest BCUT2D eigenvalue weighted by Crippen LogP contribution is -2.51. The Balaban J connectivity index is 2.22. The second-order valence-electron chi connectivity index (χ2n) is 8.66. The average Bonchev–Trinajstić information content (AvgIpc) is 2.44. The van der Waals surface area contributed by atoms with E-state index in [1.165, 1.54) is 12.0 Å². The van der Waals surface area contributed by atoms with Crippen LogP contribution in [-0.4, -0.2) is 16.9 Å². The maximum Gasteiger partial charge on any atom is 0.303 e. The second-order valence-corrected chi connectivity index (χ2v) is 8.66. The van der Waals surface area contributed by atoms with Crippen molar-refractivity contribution in [3.05, 3.63) is 11.6 Å². The summed E-state index contributed by atoms with van der Waals surface area (Å²) in [5.74, 6) is 0.713. The van der Waals surface area contributed by atoms with Gasteiger partial charge in [-0.25, -0.2) is 0 Å². The highest BCUT2D eigenvalue weighted by atomic mass is 16.4. The minimum Gasteiger partial charge on any atom is -0.481 e. The molecule has 0 aromatic heterocycles. The van der Waals surface area contributed by atoms with E-state index in [-0.39, 0.29) is 29.0 Å². The molecule has 3 nitrogen and oxygen atoms in total. The number of hydrogen-bond donors (Lipinski definition) is 1. The molecule has 3 heteroatoms. The molecule has 0 bridgehead atoms. The highest BCUT2D eigenvalue weighted by Gasteiger charge is 2.54. The fourth-order valence-corrected chi connectivity index (χ4v) is 5.07. The lowest BCUT2D eigenvalue weighted by molar-refractivity contribution is -0.138. The molecule has 0 aromatic carbocycles. The summed E-state index contributed by atoms with van der Waals surface area (Å²) in [6, 6.07) is 0. The van der Waals surface area contributed by atoms with E-state index in [1.807, 2.05) is 13.0 Å². The first-order valence-corrected chi connectivity index (χ1v) is 9.03. The first kappa shape index (κ1) is 18.2. The minimum absolute atomic E-state index is 0.116. The molecule has 0 spiro atoms. The van der Waals surface area contributed by atoms with Crippen LogP contribution >= 0.6 is 0 Å². The van der Waals surface area contributed by atoms with Gasteiger partial charge >= 0.3 is 5.97 Å². The molecule has 1 fully saturated rings. The number of allylic oxidation sites excluding steroid dienone is 2. The number of ketones is 1. The van der Waals surface area contributed by atoms with E-state index in [4.69, 9.17) is 5.11 Å². The van der Waals surface area contributed by atoms with Crippen LogP contribution in [0.4, 0.5) is 0 Å². The van der Waals surface area contributed by atoms with Gasteiger partial charge in [0.1, 0.15) is 0 Å². The molecule has 2 aliphatic rings. The molecule has 0 aromatic rings. The number of rotatable bonds is 5. The number of aliphatic carboxylic acids is 1. The van der Waals surface area contributed by atoms with Gasteiger partial charge in [-0.1, -0.05) is 33.3 Å². The first-order chi connectivity index (χ1) is 10.6. The molecule has 130 valence electrons. The lowest BCUT2D eigenvalue weighted by atomic mass is 9.46. The van der Waals surface area contributed by atoms with Crippen molar-refractivity contribution in [3.8, 4) is 0 Å². The van der Waals surface area contributed by atoms with Crippen LogP contribution in [0.2, 0.25) is 0 Å². The van der Waals surface area contributed by atoms with E-state index in [0.717, 1.165) is 19.3 Å². The molecule has 0 unspecified atom stereocenters. The van der Waals surface area contributed by atoms with Gasteiger partial charge in [-0.3, -0.25) is 9.59 Å². The number of carboxylic acid groups (broad SMARTS) is 1. The quantitative estimate of drug-likeness (QED) is 0.787. The van der Waals surface area contributed by atoms with E-state index in [9.17, 15) is 9.59 Å². The van der Waals surface area contributed by atoms with Crippen molar-refractivity contribution in [1.29, 1.82) is 0 Å². The van der Waals surface area contributed by atoms with Crippen molar-refractivity contribution in [1.82, 2.24) is 0 Å². The van der Waals surface area contributed by atoms with E-state index in [2.05, 4.69) is 27.7 Å². The van der Waals surface area contributed by atoms with E-state index in [0.29, 0.717) is 18.3 Å². The predicted molar refractivity (Wildman–Crippen MR) is 92.1 cm³/mol. The minimum atomic E-state index is -0.712. The summed E-state index contributed by atoms with van der Waals surface area (Å²) >= 11 is 0. The fourth-order valence-electron chi connectivity index (χ4n) is 5.07. The van der Waals surface area contributed by atoms with Gasteiger partial charge in [0.15, 0.2) is 5.78 Å². The third kappa shape index (κ3) is 3.39. The largest absolute Gasteiger partial charge is 0.481 e. The Kier molecular flexibility index (Phi) is 5.08. The maximum absolute atomic E-state index is 12.2. The van der Waals surface area contributed by atoms with Gasteiger partial charge in [-0.2, -0.15) is 0 Å². The Morgan fingerprint density at radius 3 is 2.70 bits per heavy atom. The zero-order valence-electron chi connectivity index (χ0n) is 15.3. The second kappa shape index (κ2) is 6.41. The molecular weight excluding hydrogens is 288 g/mol. The van der Waals surface area contributed by atoms with Gasteiger partial charge in [0, 0.05) is 12.8 Å². The van der Waals surface area contributed by atoms with Gasteiger partial charge in [-0.15, -0.1) is 0 Å². The molecule has 0 heterocycles. The van der Waals surface area contributed by atoms with Crippen LogP contribution in [0, 0.1) is 28.6 Å². The molecule has 0 amide bonds. The van der Waals surface area contributed by atoms with Crippen molar-refractivity contribution in [2.24, 2.45) is 28.6 Å². The van der Waals surface area contributed by atoms with Gasteiger partial charge < -0.3 is 5.11 Å². The lowest BCUT2D eigenvalue weighted by Gasteiger charge is -2.57. The molecular formula is C20H32O3. The maximum atomic E-state index is 12.2. The number of carbonyl (C=O) groups excluding carboxylic acids is 1. The first-order valence-electron chi connectivity index (χ1n) is 9.03. The number of hydrogen-bond acceptors (Lipinski definition) is 2. The van der Waals surface area contributed by atoms with Crippen molar-refractivity contribution >= 4 is 11.8 Å². The molecule has 1 saturated carbocycles. The van der Waals surface area contributed by atoms with E-state index < -0.39 is 5.97 Å². The molecule has 23 heavy (non-hydrogen) atoms. The molecule has 1 N–H and O–H groups in total. The van der Waals surface area contributed by atoms with Crippen LogP contribution in [0.1, 0.15) is 73.1 Å². The standard InChI is InChI=1S/C20H32O3/c1-13(10-18(22)23)6-8-19(4)14(2)7-9-20(5)15(3)11-16(21)12-17(19)20/h11,13-14,17H,6-10,12H2,1-5H3,(H,22,23)/t13-,14-,17-,19+,20-/m1/s1. The smallest absolute Gasteiger partial charge is 0.303 e. The Morgan fingerprint density at radius 2 is 2.09 bits per heavy atom.